The highest BCUT2D eigenvalue weighted by Gasteiger charge is 2.38. The summed E-state index contributed by atoms with van der Waals surface area (Å²) in [6.45, 7) is 4.42. The van der Waals surface area contributed by atoms with Gasteiger partial charge < -0.3 is 10.5 Å². The lowest BCUT2D eigenvalue weighted by Crippen LogP contribution is -2.32. The van der Waals surface area contributed by atoms with Crippen LogP contribution in [0.4, 0.5) is 0 Å². The molecule has 0 amide bonds. The van der Waals surface area contributed by atoms with E-state index in [-0.39, 0.29) is 6.04 Å². The third-order valence-corrected chi connectivity index (χ3v) is 4.78. The lowest BCUT2D eigenvalue weighted by atomic mass is 9.73. The van der Waals surface area contributed by atoms with E-state index in [1.807, 2.05) is 6.07 Å². The van der Waals surface area contributed by atoms with E-state index in [9.17, 15) is 0 Å². The number of benzene rings is 1. The standard InChI is InChI=1S/C16H25NO/c1-4-16(9-5-6-10-16)15(17)14-8-7-13(18-3)11-12(14)2/h7-8,11,15H,4-6,9-10,17H2,1-3H3. The second kappa shape index (κ2) is 5.31. The molecule has 1 saturated carbocycles. The van der Waals surface area contributed by atoms with Crippen LogP contribution in [-0.2, 0) is 0 Å². The van der Waals surface area contributed by atoms with Gasteiger partial charge in [-0.1, -0.05) is 25.8 Å². The number of hydrogen-bond acceptors (Lipinski definition) is 2. The van der Waals surface area contributed by atoms with Crippen molar-refractivity contribution in [3.05, 3.63) is 29.3 Å². The van der Waals surface area contributed by atoms with Crippen molar-refractivity contribution in [1.82, 2.24) is 0 Å². The zero-order valence-corrected chi connectivity index (χ0v) is 11.8. The Kier molecular flexibility index (Phi) is 3.96. The first-order valence-corrected chi connectivity index (χ1v) is 7.03. The second-order valence-corrected chi connectivity index (χ2v) is 5.62. The molecule has 0 aliphatic heterocycles. The zero-order valence-electron chi connectivity index (χ0n) is 11.8. The molecule has 0 saturated heterocycles. The fraction of sp³-hybridized carbons (Fsp3) is 0.625. The van der Waals surface area contributed by atoms with E-state index in [0.717, 1.165) is 5.75 Å². The van der Waals surface area contributed by atoms with E-state index >= 15 is 0 Å². The van der Waals surface area contributed by atoms with Gasteiger partial charge in [-0.15, -0.1) is 0 Å². The van der Waals surface area contributed by atoms with Crippen LogP contribution in [0, 0.1) is 12.3 Å². The lowest BCUT2D eigenvalue weighted by Gasteiger charge is -2.35. The molecule has 1 aromatic carbocycles. The number of hydrogen-bond donors (Lipinski definition) is 1. The molecule has 1 atom stereocenters. The minimum absolute atomic E-state index is 0.163. The van der Waals surface area contributed by atoms with Gasteiger partial charge in [0, 0.05) is 6.04 Å². The monoisotopic (exact) mass is 247 g/mol. The van der Waals surface area contributed by atoms with Gasteiger partial charge in [0.25, 0.3) is 0 Å². The molecule has 1 aliphatic carbocycles. The molecule has 100 valence electrons. The normalized spacial score (nSPS) is 19.8. The predicted octanol–water partition coefficient (Wildman–Crippen LogP) is 3.97. The Bertz CT molecular complexity index is 408. The van der Waals surface area contributed by atoms with Crippen molar-refractivity contribution in [2.75, 3.05) is 7.11 Å². The van der Waals surface area contributed by atoms with Crippen LogP contribution in [-0.4, -0.2) is 7.11 Å². The Balaban J connectivity index is 2.30. The maximum Gasteiger partial charge on any atom is 0.119 e. The van der Waals surface area contributed by atoms with E-state index in [0.29, 0.717) is 5.41 Å². The van der Waals surface area contributed by atoms with Crippen LogP contribution in [0.25, 0.3) is 0 Å². The van der Waals surface area contributed by atoms with E-state index in [4.69, 9.17) is 10.5 Å². The highest BCUT2D eigenvalue weighted by Crippen LogP contribution is 2.49. The maximum absolute atomic E-state index is 6.60. The van der Waals surface area contributed by atoms with Crippen LogP contribution in [0.5, 0.6) is 5.75 Å². The number of methoxy groups -OCH3 is 1. The van der Waals surface area contributed by atoms with Gasteiger partial charge in [0.2, 0.25) is 0 Å². The number of aryl methyl sites for hydroxylation is 1. The Morgan fingerprint density at radius 2 is 2.00 bits per heavy atom. The average molecular weight is 247 g/mol. The van der Waals surface area contributed by atoms with Gasteiger partial charge in [-0.3, -0.25) is 0 Å². The third-order valence-electron chi connectivity index (χ3n) is 4.78. The Morgan fingerprint density at radius 1 is 1.33 bits per heavy atom. The smallest absolute Gasteiger partial charge is 0.119 e. The van der Waals surface area contributed by atoms with Gasteiger partial charge in [0.1, 0.15) is 5.75 Å². The van der Waals surface area contributed by atoms with Crippen LogP contribution in [0.2, 0.25) is 0 Å². The largest absolute Gasteiger partial charge is 0.497 e. The first kappa shape index (κ1) is 13.4. The Hall–Kier alpha value is -1.02. The second-order valence-electron chi connectivity index (χ2n) is 5.62. The molecule has 2 rings (SSSR count). The van der Waals surface area contributed by atoms with Crippen molar-refractivity contribution in [1.29, 1.82) is 0 Å². The molecule has 1 unspecified atom stereocenters. The first-order valence-electron chi connectivity index (χ1n) is 7.03. The SMILES string of the molecule is CCC1(C(N)c2ccc(OC)cc2C)CCCC1. The van der Waals surface area contributed by atoms with E-state index < -0.39 is 0 Å². The summed E-state index contributed by atoms with van der Waals surface area (Å²) in [6.07, 6.45) is 6.39. The molecule has 0 aromatic heterocycles. The number of rotatable bonds is 4. The van der Waals surface area contributed by atoms with E-state index in [1.54, 1.807) is 7.11 Å². The van der Waals surface area contributed by atoms with Gasteiger partial charge in [-0.25, -0.2) is 0 Å². The predicted molar refractivity (Wildman–Crippen MR) is 75.9 cm³/mol. The molecule has 1 fully saturated rings. The van der Waals surface area contributed by atoms with Gasteiger partial charge in [-0.05, 0) is 54.9 Å². The van der Waals surface area contributed by atoms with Crippen molar-refractivity contribution in [2.24, 2.45) is 11.1 Å². The summed E-state index contributed by atoms with van der Waals surface area (Å²) in [5.41, 5.74) is 9.46. The summed E-state index contributed by atoms with van der Waals surface area (Å²) >= 11 is 0. The number of ether oxygens (including phenoxy) is 1. The van der Waals surface area contributed by atoms with Crippen molar-refractivity contribution in [3.63, 3.8) is 0 Å². The van der Waals surface area contributed by atoms with E-state index in [2.05, 4.69) is 26.0 Å². The van der Waals surface area contributed by atoms with Crippen molar-refractivity contribution in [3.8, 4) is 5.75 Å². The molecular formula is C16H25NO. The molecule has 2 N–H and O–H groups in total. The molecule has 18 heavy (non-hydrogen) atoms. The topological polar surface area (TPSA) is 35.2 Å². The summed E-state index contributed by atoms with van der Waals surface area (Å²) in [6, 6.07) is 6.43. The fourth-order valence-corrected chi connectivity index (χ4v) is 3.42. The van der Waals surface area contributed by atoms with Gasteiger partial charge in [0.15, 0.2) is 0 Å². The molecule has 2 heteroatoms. The van der Waals surface area contributed by atoms with Gasteiger partial charge >= 0.3 is 0 Å². The quantitative estimate of drug-likeness (QED) is 0.873. The molecule has 0 bridgehead atoms. The molecule has 0 heterocycles. The summed E-state index contributed by atoms with van der Waals surface area (Å²) in [4.78, 5) is 0. The van der Waals surface area contributed by atoms with Crippen LogP contribution in [0.1, 0.15) is 56.2 Å². The third kappa shape index (κ3) is 2.26. The summed E-state index contributed by atoms with van der Waals surface area (Å²) in [5.74, 6) is 0.917. The fourth-order valence-electron chi connectivity index (χ4n) is 3.42. The average Bonchev–Trinajstić information content (AvgIpc) is 2.87. The highest BCUT2D eigenvalue weighted by atomic mass is 16.5. The van der Waals surface area contributed by atoms with Crippen LogP contribution in [0.15, 0.2) is 18.2 Å². The van der Waals surface area contributed by atoms with Gasteiger partial charge in [-0.2, -0.15) is 0 Å². The van der Waals surface area contributed by atoms with Crippen LogP contribution < -0.4 is 10.5 Å². The molecule has 2 nitrogen and oxygen atoms in total. The molecule has 0 spiro atoms. The molecule has 1 aromatic rings. The Labute approximate surface area is 111 Å². The lowest BCUT2D eigenvalue weighted by molar-refractivity contribution is 0.221. The van der Waals surface area contributed by atoms with Crippen LogP contribution in [0.3, 0.4) is 0 Å². The summed E-state index contributed by atoms with van der Waals surface area (Å²) in [5, 5.41) is 0. The number of nitrogens with two attached hydrogens (primary N) is 1. The van der Waals surface area contributed by atoms with Crippen molar-refractivity contribution < 1.29 is 4.74 Å². The zero-order chi connectivity index (χ0) is 13.2. The van der Waals surface area contributed by atoms with Crippen molar-refractivity contribution >= 4 is 0 Å². The highest BCUT2D eigenvalue weighted by molar-refractivity contribution is 5.37. The van der Waals surface area contributed by atoms with Gasteiger partial charge in [0.05, 0.1) is 7.11 Å². The maximum atomic E-state index is 6.60. The first-order chi connectivity index (χ1) is 8.63. The van der Waals surface area contributed by atoms with Crippen molar-refractivity contribution in [2.45, 2.75) is 52.0 Å². The van der Waals surface area contributed by atoms with Crippen LogP contribution >= 0.6 is 0 Å². The molecular weight excluding hydrogens is 222 g/mol. The Morgan fingerprint density at radius 3 is 2.50 bits per heavy atom. The summed E-state index contributed by atoms with van der Waals surface area (Å²) in [7, 11) is 1.71. The minimum atomic E-state index is 0.163. The minimum Gasteiger partial charge on any atom is -0.497 e. The summed E-state index contributed by atoms with van der Waals surface area (Å²) < 4.78 is 5.27. The molecule has 0 radical (unpaired) electrons. The van der Waals surface area contributed by atoms with E-state index in [1.165, 1.54) is 43.2 Å². The molecule has 1 aliphatic rings.